The molecule has 0 saturated heterocycles. The highest BCUT2D eigenvalue weighted by atomic mass is 35.5. The zero-order valence-corrected chi connectivity index (χ0v) is 13.9. The molecule has 0 spiro atoms. The van der Waals surface area contributed by atoms with Crippen LogP contribution in [0.5, 0.6) is 5.75 Å². The van der Waals surface area contributed by atoms with E-state index in [1.807, 2.05) is 6.92 Å². The van der Waals surface area contributed by atoms with Gasteiger partial charge in [0.15, 0.2) is 0 Å². The Kier molecular flexibility index (Phi) is 9.95. The van der Waals surface area contributed by atoms with Crippen LogP contribution in [0.2, 0.25) is 5.02 Å². The number of hydrogen-bond donors (Lipinski definition) is 2. The third-order valence-electron chi connectivity index (χ3n) is 2.77. The van der Waals surface area contributed by atoms with Gasteiger partial charge in [0.1, 0.15) is 5.75 Å². The summed E-state index contributed by atoms with van der Waals surface area (Å²) in [6, 6.07) is 3.07. The van der Waals surface area contributed by atoms with Gasteiger partial charge in [-0.2, -0.15) is 0 Å². The van der Waals surface area contributed by atoms with Crippen LogP contribution in [0.3, 0.4) is 0 Å². The summed E-state index contributed by atoms with van der Waals surface area (Å²) in [4.78, 5) is 12.1. The fourth-order valence-electron chi connectivity index (χ4n) is 1.69. The lowest BCUT2D eigenvalue weighted by Crippen LogP contribution is -2.25. The van der Waals surface area contributed by atoms with Crippen LogP contribution in [0.1, 0.15) is 30.1 Å². The second-order valence-corrected chi connectivity index (χ2v) is 4.64. The van der Waals surface area contributed by atoms with E-state index in [2.05, 4.69) is 5.32 Å². The van der Waals surface area contributed by atoms with Crippen molar-refractivity contribution in [2.24, 2.45) is 0 Å². The predicted molar refractivity (Wildman–Crippen MR) is 87.7 cm³/mol. The molecule has 120 valence electrons. The molecule has 0 fully saturated rings. The fraction of sp³-hybridized carbons (Fsp3) is 0.500. The van der Waals surface area contributed by atoms with E-state index in [0.717, 1.165) is 12.8 Å². The molecule has 3 N–H and O–H groups in total. The van der Waals surface area contributed by atoms with E-state index in [1.165, 1.54) is 13.2 Å². The summed E-state index contributed by atoms with van der Waals surface area (Å²) in [5.41, 5.74) is 6.45. The third-order valence-corrected chi connectivity index (χ3v) is 3.10. The molecule has 1 aromatic rings. The minimum atomic E-state index is -0.222. The van der Waals surface area contributed by atoms with Crippen molar-refractivity contribution in [3.05, 3.63) is 22.7 Å². The molecule has 21 heavy (non-hydrogen) atoms. The van der Waals surface area contributed by atoms with E-state index >= 15 is 0 Å². The average molecular weight is 337 g/mol. The van der Waals surface area contributed by atoms with Crippen LogP contribution in [0.15, 0.2) is 12.1 Å². The molecule has 0 aliphatic heterocycles. The van der Waals surface area contributed by atoms with Gasteiger partial charge in [0, 0.05) is 25.8 Å². The van der Waals surface area contributed by atoms with Gasteiger partial charge in [0.25, 0.3) is 5.91 Å². The second kappa shape index (κ2) is 10.5. The molecule has 7 heteroatoms. The Balaban J connectivity index is 0.00000400. The van der Waals surface area contributed by atoms with Crippen molar-refractivity contribution in [1.82, 2.24) is 5.32 Å². The summed E-state index contributed by atoms with van der Waals surface area (Å²) >= 11 is 5.93. The Morgan fingerprint density at radius 1 is 1.38 bits per heavy atom. The first-order chi connectivity index (χ1) is 9.60. The molecule has 0 saturated carbocycles. The van der Waals surface area contributed by atoms with Crippen molar-refractivity contribution in [2.45, 2.75) is 19.8 Å². The number of nitrogens with one attached hydrogen (secondary N) is 1. The standard InChI is InChI=1S/C14H21ClN2O3.ClH/c1-3-20-7-5-4-6-17-14(18)10-8-11(15)12(16)9-13(10)19-2;/h8-9H,3-7,16H2,1-2H3,(H,17,18);1H. The average Bonchev–Trinajstić information content (AvgIpc) is 2.44. The molecule has 0 bridgehead atoms. The molecule has 0 aliphatic carbocycles. The van der Waals surface area contributed by atoms with Crippen LogP contribution in [0.25, 0.3) is 0 Å². The summed E-state index contributed by atoms with van der Waals surface area (Å²) in [6.45, 7) is 3.97. The number of anilines is 1. The lowest BCUT2D eigenvalue weighted by molar-refractivity contribution is 0.0946. The van der Waals surface area contributed by atoms with Crippen molar-refractivity contribution in [3.63, 3.8) is 0 Å². The Hall–Kier alpha value is -1.17. The van der Waals surface area contributed by atoms with Crippen LogP contribution in [-0.2, 0) is 4.74 Å². The summed E-state index contributed by atoms with van der Waals surface area (Å²) in [6.07, 6.45) is 1.77. The molecule has 1 amide bonds. The van der Waals surface area contributed by atoms with Gasteiger partial charge >= 0.3 is 0 Å². The predicted octanol–water partition coefficient (Wildman–Crippen LogP) is 2.90. The lowest BCUT2D eigenvalue weighted by atomic mass is 10.1. The van der Waals surface area contributed by atoms with Crippen LogP contribution in [0, 0.1) is 0 Å². The van der Waals surface area contributed by atoms with E-state index in [4.69, 9.17) is 26.8 Å². The normalized spacial score (nSPS) is 9.86. The van der Waals surface area contributed by atoms with Gasteiger partial charge in [-0.25, -0.2) is 0 Å². The molecule has 0 radical (unpaired) electrons. The maximum absolute atomic E-state index is 12.1. The van der Waals surface area contributed by atoms with Crippen molar-refractivity contribution in [1.29, 1.82) is 0 Å². The number of rotatable bonds is 8. The summed E-state index contributed by atoms with van der Waals surface area (Å²) in [5, 5.41) is 3.16. The zero-order chi connectivity index (χ0) is 15.0. The minimum absolute atomic E-state index is 0. The number of carbonyl (C=O) groups excluding carboxylic acids is 1. The Morgan fingerprint density at radius 3 is 2.71 bits per heavy atom. The summed E-state index contributed by atoms with van der Waals surface area (Å²) in [5.74, 6) is 0.193. The summed E-state index contributed by atoms with van der Waals surface area (Å²) in [7, 11) is 1.49. The number of methoxy groups -OCH3 is 1. The molecule has 1 rings (SSSR count). The maximum Gasteiger partial charge on any atom is 0.255 e. The molecule has 0 aliphatic rings. The molecule has 5 nitrogen and oxygen atoms in total. The second-order valence-electron chi connectivity index (χ2n) is 4.23. The number of carbonyl (C=O) groups is 1. The minimum Gasteiger partial charge on any atom is -0.496 e. The molecule has 1 aromatic carbocycles. The molecule has 0 heterocycles. The highest BCUT2D eigenvalue weighted by molar-refractivity contribution is 6.33. The number of unbranched alkanes of at least 4 members (excludes halogenated alkanes) is 1. The molecule has 0 atom stereocenters. The first-order valence-electron chi connectivity index (χ1n) is 6.59. The van der Waals surface area contributed by atoms with Crippen LogP contribution in [-0.4, -0.2) is 32.8 Å². The largest absolute Gasteiger partial charge is 0.496 e. The van der Waals surface area contributed by atoms with E-state index in [1.54, 1.807) is 6.07 Å². The summed E-state index contributed by atoms with van der Waals surface area (Å²) < 4.78 is 10.4. The van der Waals surface area contributed by atoms with E-state index in [9.17, 15) is 4.79 Å². The molecule has 0 aromatic heterocycles. The quantitative estimate of drug-likeness (QED) is 0.565. The fourth-order valence-corrected chi connectivity index (χ4v) is 1.85. The maximum atomic E-state index is 12.1. The number of amides is 1. The number of nitrogen functional groups attached to an aromatic ring is 1. The van der Waals surface area contributed by atoms with E-state index in [-0.39, 0.29) is 18.3 Å². The Bertz CT molecular complexity index is 456. The number of halogens is 2. The smallest absolute Gasteiger partial charge is 0.255 e. The van der Waals surface area contributed by atoms with Crippen molar-refractivity contribution in [2.75, 3.05) is 32.6 Å². The topological polar surface area (TPSA) is 73.6 Å². The van der Waals surface area contributed by atoms with Gasteiger partial charge in [0.05, 0.1) is 23.4 Å². The van der Waals surface area contributed by atoms with Crippen LogP contribution >= 0.6 is 24.0 Å². The molecular formula is C14H22Cl2N2O3. The Morgan fingerprint density at radius 2 is 2.10 bits per heavy atom. The number of hydrogen-bond acceptors (Lipinski definition) is 4. The molecular weight excluding hydrogens is 315 g/mol. The lowest BCUT2D eigenvalue weighted by Gasteiger charge is -2.11. The Labute approximate surface area is 136 Å². The third kappa shape index (κ3) is 6.42. The van der Waals surface area contributed by atoms with Gasteiger partial charge in [-0.05, 0) is 25.8 Å². The van der Waals surface area contributed by atoms with Crippen LogP contribution in [0.4, 0.5) is 5.69 Å². The van der Waals surface area contributed by atoms with Gasteiger partial charge < -0.3 is 20.5 Å². The molecule has 0 unspecified atom stereocenters. The van der Waals surface area contributed by atoms with Crippen molar-refractivity contribution >= 4 is 35.6 Å². The van der Waals surface area contributed by atoms with Gasteiger partial charge in [-0.1, -0.05) is 11.6 Å². The van der Waals surface area contributed by atoms with Gasteiger partial charge in [0.2, 0.25) is 0 Å². The van der Waals surface area contributed by atoms with Crippen molar-refractivity contribution in [3.8, 4) is 5.75 Å². The van der Waals surface area contributed by atoms with E-state index < -0.39 is 0 Å². The first kappa shape index (κ1) is 19.8. The SMILES string of the molecule is CCOCCCCNC(=O)c1cc(Cl)c(N)cc1OC.Cl. The van der Waals surface area contributed by atoms with E-state index in [0.29, 0.717) is 41.8 Å². The van der Waals surface area contributed by atoms with Crippen molar-refractivity contribution < 1.29 is 14.3 Å². The number of ether oxygens (including phenoxy) is 2. The number of nitrogens with two attached hydrogens (primary N) is 1. The van der Waals surface area contributed by atoms with Gasteiger partial charge in [-0.15, -0.1) is 12.4 Å². The monoisotopic (exact) mass is 336 g/mol. The first-order valence-corrected chi connectivity index (χ1v) is 6.96. The number of benzene rings is 1. The highest BCUT2D eigenvalue weighted by Gasteiger charge is 2.14. The van der Waals surface area contributed by atoms with Crippen LogP contribution < -0.4 is 15.8 Å². The zero-order valence-electron chi connectivity index (χ0n) is 12.3. The highest BCUT2D eigenvalue weighted by Crippen LogP contribution is 2.28. The van der Waals surface area contributed by atoms with Gasteiger partial charge in [-0.3, -0.25) is 4.79 Å².